The maximum atomic E-state index is 9.97. The third-order valence-corrected chi connectivity index (χ3v) is 6.37. The number of hydrogen-bond donors (Lipinski definition) is 2. The Balaban J connectivity index is 1.80. The highest BCUT2D eigenvalue weighted by Gasteiger charge is 2.30. The lowest BCUT2D eigenvalue weighted by Gasteiger charge is -2.40. The van der Waals surface area contributed by atoms with E-state index in [2.05, 4.69) is 22.3 Å². The van der Waals surface area contributed by atoms with Gasteiger partial charge in [0.15, 0.2) is 5.82 Å². The maximum absolute atomic E-state index is 9.97. The van der Waals surface area contributed by atoms with Gasteiger partial charge in [-0.15, -0.1) is 0 Å². The molecular formula is C24H30ClN5O3. The normalized spacial score (nSPS) is 16.6. The molecular weight excluding hydrogens is 442 g/mol. The van der Waals surface area contributed by atoms with Gasteiger partial charge in [0, 0.05) is 30.3 Å². The van der Waals surface area contributed by atoms with Gasteiger partial charge in [0.05, 0.1) is 22.0 Å². The molecule has 0 spiro atoms. The van der Waals surface area contributed by atoms with Crippen LogP contribution in [0.25, 0.3) is 22.6 Å². The quantitative estimate of drug-likeness (QED) is 0.510. The molecule has 0 saturated carbocycles. The first kappa shape index (κ1) is 23.5. The van der Waals surface area contributed by atoms with Crippen LogP contribution in [0.15, 0.2) is 22.7 Å². The fourth-order valence-electron chi connectivity index (χ4n) is 4.05. The number of benzene rings is 1. The van der Waals surface area contributed by atoms with Crippen molar-refractivity contribution in [3.05, 3.63) is 40.2 Å². The molecule has 0 aliphatic carbocycles. The molecule has 176 valence electrons. The van der Waals surface area contributed by atoms with Gasteiger partial charge >= 0.3 is 0 Å². The SMILES string of the molecule is CNC[C@@H](O)COc1ccc(Cl)c(-c2nc(-c3c(C)noc3C)c(C)c(N3CCC3C)n2)c1. The zero-order valence-electron chi connectivity index (χ0n) is 19.6. The standard InChI is InChI=1S/C24H30ClN5O3/c1-13-8-9-30(13)24-14(2)22(21-15(3)29-33-16(21)4)27-23(28-24)19-10-18(6-7-20(19)25)32-12-17(31)11-26-5/h6-7,10,13,17,26,31H,8-9,11-12H2,1-5H3/t13?,17-/m1/s1. The molecule has 0 bridgehead atoms. The minimum atomic E-state index is -0.615. The van der Waals surface area contributed by atoms with Crippen LogP contribution in [-0.2, 0) is 0 Å². The second-order valence-electron chi connectivity index (χ2n) is 8.54. The lowest BCUT2D eigenvalue weighted by molar-refractivity contribution is 0.108. The van der Waals surface area contributed by atoms with Crippen molar-refractivity contribution in [1.29, 1.82) is 0 Å². The third kappa shape index (κ3) is 4.69. The van der Waals surface area contributed by atoms with Crippen LogP contribution in [0.4, 0.5) is 5.82 Å². The van der Waals surface area contributed by atoms with E-state index >= 15 is 0 Å². The Kier molecular flexibility index (Phi) is 6.88. The van der Waals surface area contributed by atoms with Crippen LogP contribution in [0.3, 0.4) is 0 Å². The van der Waals surface area contributed by atoms with Crippen molar-refractivity contribution in [3.63, 3.8) is 0 Å². The molecule has 1 saturated heterocycles. The van der Waals surface area contributed by atoms with Gasteiger partial charge in [-0.05, 0) is 59.4 Å². The Hall–Kier alpha value is -2.68. The van der Waals surface area contributed by atoms with Crippen LogP contribution in [0, 0.1) is 20.8 Å². The number of halogens is 1. The molecule has 3 heterocycles. The molecule has 0 radical (unpaired) electrons. The van der Waals surface area contributed by atoms with Crippen LogP contribution in [0.1, 0.15) is 30.4 Å². The number of anilines is 1. The summed E-state index contributed by atoms with van der Waals surface area (Å²) in [6.07, 6.45) is 0.508. The smallest absolute Gasteiger partial charge is 0.163 e. The first-order chi connectivity index (χ1) is 15.8. The number of likely N-dealkylation sites (N-methyl/N-ethyl adjacent to an activating group) is 1. The summed E-state index contributed by atoms with van der Waals surface area (Å²) in [5.74, 6) is 2.70. The molecule has 3 aromatic rings. The van der Waals surface area contributed by atoms with Crippen LogP contribution < -0.4 is 15.0 Å². The van der Waals surface area contributed by atoms with E-state index in [0.717, 1.165) is 41.3 Å². The van der Waals surface area contributed by atoms with Gasteiger partial charge < -0.3 is 24.6 Å². The molecule has 2 atom stereocenters. The van der Waals surface area contributed by atoms with Gasteiger partial charge in [-0.1, -0.05) is 16.8 Å². The Morgan fingerprint density at radius 1 is 1.30 bits per heavy atom. The lowest BCUT2D eigenvalue weighted by atomic mass is 10.0. The van der Waals surface area contributed by atoms with Gasteiger partial charge in [-0.2, -0.15) is 0 Å². The third-order valence-electron chi connectivity index (χ3n) is 6.04. The van der Waals surface area contributed by atoms with Gasteiger partial charge in [-0.3, -0.25) is 0 Å². The zero-order valence-corrected chi connectivity index (χ0v) is 20.4. The van der Waals surface area contributed by atoms with Gasteiger partial charge in [0.2, 0.25) is 0 Å². The molecule has 1 fully saturated rings. The first-order valence-electron chi connectivity index (χ1n) is 11.1. The number of nitrogens with one attached hydrogen (secondary N) is 1. The molecule has 1 aliphatic rings. The number of ether oxygens (including phenoxy) is 1. The van der Waals surface area contributed by atoms with Crippen molar-refractivity contribution in [2.24, 2.45) is 0 Å². The molecule has 1 unspecified atom stereocenters. The van der Waals surface area contributed by atoms with Crippen LogP contribution >= 0.6 is 11.6 Å². The van der Waals surface area contributed by atoms with E-state index in [4.69, 9.17) is 30.8 Å². The number of hydrogen-bond acceptors (Lipinski definition) is 8. The topological polar surface area (TPSA) is 96.5 Å². The molecule has 2 aromatic heterocycles. The molecule has 4 rings (SSSR count). The van der Waals surface area contributed by atoms with E-state index < -0.39 is 6.10 Å². The van der Waals surface area contributed by atoms with Crippen molar-refractivity contribution >= 4 is 17.4 Å². The molecule has 1 aromatic carbocycles. The largest absolute Gasteiger partial charge is 0.491 e. The predicted octanol–water partition coefficient (Wildman–Crippen LogP) is 3.93. The summed E-state index contributed by atoms with van der Waals surface area (Å²) in [5, 5.41) is 17.5. The average Bonchev–Trinajstić information content (AvgIpc) is 3.11. The van der Waals surface area contributed by atoms with Crippen molar-refractivity contribution in [2.75, 3.05) is 31.6 Å². The van der Waals surface area contributed by atoms with Crippen LogP contribution in [0.5, 0.6) is 5.75 Å². The zero-order chi connectivity index (χ0) is 23.7. The average molecular weight is 472 g/mol. The van der Waals surface area contributed by atoms with Crippen LogP contribution in [0.2, 0.25) is 5.02 Å². The summed E-state index contributed by atoms with van der Waals surface area (Å²) in [6.45, 7) is 9.59. The van der Waals surface area contributed by atoms with E-state index in [1.807, 2.05) is 26.8 Å². The second kappa shape index (κ2) is 9.67. The minimum absolute atomic E-state index is 0.164. The Morgan fingerprint density at radius 3 is 2.70 bits per heavy atom. The fraction of sp³-hybridized carbons (Fsp3) is 0.458. The predicted molar refractivity (Wildman–Crippen MR) is 129 cm³/mol. The maximum Gasteiger partial charge on any atom is 0.163 e. The van der Waals surface area contributed by atoms with Gasteiger partial charge in [0.1, 0.15) is 30.0 Å². The fourth-order valence-corrected chi connectivity index (χ4v) is 4.25. The van der Waals surface area contributed by atoms with Gasteiger partial charge in [-0.25, -0.2) is 9.97 Å². The molecule has 2 N–H and O–H groups in total. The van der Waals surface area contributed by atoms with Crippen molar-refractivity contribution < 1.29 is 14.4 Å². The van der Waals surface area contributed by atoms with Crippen molar-refractivity contribution in [1.82, 2.24) is 20.4 Å². The molecule has 8 nitrogen and oxygen atoms in total. The molecule has 1 aliphatic heterocycles. The molecule has 0 amide bonds. The number of aliphatic hydroxyl groups is 1. The van der Waals surface area contributed by atoms with Gasteiger partial charge in [0.25, 0.3) is 0 Å². The number of aryl methyl sites for hydroxylation is 2. The summed E-state index contributed by atoms with van der Waals surface area (Å²) in [7, 11) is 1.78. The Bertz CT molecular complexity index is 1130. The Morgan fingerprint density at radius 2 is 2.09 bits per heavy atom. The highest BCUT2D eigenvalue weighted by atomic mass is 35.5. The van der Waals surface area contributed by atoms with E-state index in [1.54, 1.807) is 19.2 Å². The molecule has 33 heavy (non-hydrogen) atoms. The van der Waals surface area contributed by atoms with E-state index in [9.17, 15) is 5.11 Å². The van der Waals surface area contributed by atoms with E-state index in [0.29, 0.717) is 40.5 Å². The lowest BCUT2D eigenvalue weighted by Crippen LogP contribution is -2.46. The summed E-state index contributed by atoms with van der Waals surface area (Å²) >= 11 is 6.59. The first-order valence-corrected chi connectivity index (χ1v) is 11.5. The highest BCUT2D eigenvalue weighted by molar-refractivity contribution is 6.33. The number of aliphatic hydroxyl groups excluding tert-OH is 1. The van der Waals surface area contributed by atoms with E-state index in [1.165, 1.54) is 0 Å². The number of aromatic nitrogens is 3. The van der Waals surface area contributed by atoms with Crippen molar-refractivity contribution in [3.8, 4) is 28.4 Å². The van der Waals surface area contributed by atoms with Crippen LogP contribution in [-0.4, -0.2) is 59.1 Å². The molecule has 9 heteroatoms. The second-order valence-corrected chi connectivity index (χ2v) is 8.95. The minimum Gasteiger partial charge on any atom is -0.491 e. The summed E-state index contributed by atoms with van der Waals surface area (Å²) in [4.78, 5) is 12.1. The summed E-state index contributed by atoms with van der Waals surface area (Å²) in [6, 6.07) is 5.77. The highest BCUT2D eigenvalue weighted by Crippen LogP contribution is 2.38. The summed E-state index contributed by atoms with van der Waals surface area (Å²) < 4.78 is 11.2. The monoisotopic (exact) mass is 471 g/mol. The Labute approximate surface area is 198 Å². The van der Waals surface area contributed by atoms with E-state index in [-0.39, 0.29) is 6.61 Å². The number of rotatable bonds is 8. The number of nitrogens with zero attached hydrogens (tertiary/aromatic N) is 4. The summed E-state index contributed by atoms with van der Waals surface area (Å²) in [5.41, 5.74) is 4.10. The van der Waals surface area contributed by atoms with Crippen molar-refractivity contribution in [2.45, 2.75) is 46.3 Å².